The fourth-order valence-electron chi connectivity index (χ4n) is 0.461. The third-order valence-electron chi connectivity index (χ3n) is 0.883. The van der Waals surface area contributed by atoms with Crippen LogP contribution in [0.5, 0.6) is 0 Å². The lowest BCUT2D eigenvalue weighted by molar-refractivity contribution is 0.148. The van der Waals surface area contributed by atoms with Gasteiger partial charge in [0.05, 0.1) is 13.2 Å². The van der Waals surface area contributed by atoms with Crippen LogP contribution in [0.1, 0.15) is 13.8 Å². The van der Waals surface area contributed by atoms with E-state index in [1.807, 2.05) is 0 Å². The highest BCUT2D eigenvalue weighted by molar-refractivity contribution is 6.29. The van der Waals surface area contributed by atoms with Crippen molar-refractivity contribution in [3.05, 3.63) is 0 Å². The SMILES string of the molecule is COCCO[SiH2]C(C)C. The molecule has 0 saturated heterocycles. The molecule has 0 unspecified atom stereocenters. The summed E-state index contributed by atoms with van der Waals surface area (Å²) in [7, 11) is 1.44. The molecule has 0 spiro atoms. The Bertz CT molecular complexity index is 57.0. The second kappa shape index (κ2) is 6.26. The van der Waals surface area contributed by atoms with E-state index in [0.29, 0.717) is 0 Å². The van der Waals surface area contributed by atoms with Gasteiger partial charge in [-0.25, -0.2) is 0 Å². The van der Waals surface area contributed by atoms with Gasteiger partial charge in [0, 0.05) is 7.11 Å². The lowest BCUT2D eigenvalue weighted by Gasteiger charge is -2.04. The van der Waals surface area contributed by atoms with E-state index in [9.17, 15) is 0 Å². The lowest BCUT2D eigenvalue weighted by Crippen LogP contribution is -2.07. The van der Waals surface area contributed by atoms with Gasteiger partial charge < -0.3 is 9.16 Å². The number of rotatable bonds is 5. The second-order valence-corrected chi connectivity index (χ2v) is 4.84. The van der Waals surface area contributed by atoms with Crippen LogP contribution in [-0.4, -0.2) is 30.1 Å². The van der Waals surface area contributed by atoms with Gasteiger partial charge in [0.1, 0.15) is 0 Å². The van der Waals surface area contributed by atoms with E-state index in [0.717, 1.165) is 18.8 Å². The van der Waals surface area contributed by atoms with E-state index in [4.69, 9.17) is 9.16 Å². The minimum Gasteiger partial charge on any atom is -0.421 e. The summed E-state index contributed by atoms with van der Waals surface area (Å²) in [5.41, 5.74) is 0.766. The monoisotopic (exact) mass is 148 g/mol. The molecule has 0 aliphatic carbocycles. The molecule has 0 radical (unpaired) electrons. The molecule has 0 aromatic heterocycles. The van der Waals surface area contributed by atoms with Gasteiger partial charge in [-0.15, -0.1) is 0 Å². The van der Waals surface area contributed by atoms with Crippen LogP contribution in [0.3, 0.4) is 0 Å². The number of methoxy groups -OCH3 is 1. The van der Waals surface area contributed by atoms with E-state index >= 15 is 0 Å². The molecule has 0 bridgehead atoms. The Labute approximate surface area is 59.5 Å². The Morgan fingerprint density at radius 1 is 1.33 bits per heavy atom. The van der Waals surface area contributed by atoms with Crippen molar-refractivity contribution in [1.82, 2.24) is 0 Å². The molecule has 3 heteroatoms. The van der Waals surface area contributed by atoms with E-state index < -0.39 is 0 Å². The normalized spacial score (nSPS) is 12.0. The van der Waals surface area contributed by atoms with Crippen LogP contribution in [0.15, 0.2) is 0 Å². The minimum absolute atomic E-state index is 0.254. The first kappa shape index (κ1) is 9.14. The number of hydrogen-bond donors (Lipinski definition) is 0. The Kier molecular flexibility index (Phi) is 6.35. The van der Waals surface area contributed by atoms with Crippen LogP contribution >= 0.6 is 0 Å². The van der Waals surface area contributed by atoms with Crippen LogP contribution in [0, 0.1) is 0 Å². The van der Waals surface area contributed by atoms with Gasteiger partial charge in [0.25, 0.3) is 0 Å². The highest BCUT2D eigenvalue weighted by Gasteiger charge is 1.93. The smallest absolute Gasteiger partial charge is 0.164 e. The molecule has 0 fully saturated rings. The number of hydrogen-bond acceptors (Lipinski definition) is 2. The summed E-state index contributed by atoms with van der Waals surface area (Å²) < 4.78 is 10.2. The lowest BCUT2D eigenvalue weighted by atomic mass is 10.6. The van der Waals surface area contributed by atoms with E-state index in [2.05, 4.69) is 13.8 Å². The summed E-state index contributed by atoms with van der Waals surface area (Å²) in [6.45, 7) is 5.90. The van der Waals surface area contributed by atoms with Gasteiger partial charge >= 0.3 is 0 Å². The highest BCUT2D eigenvalue weighted by atomic mass is 28.2. The van der Waals surface area contributed by atoms with Gasteiger partial charge in [-0.1, -0.05) is 13.8 Å². The topological polar surface area (TPSA) is 18.5 Å². The molecule has 0 saturated carbocycles. The van der Waals surface area contributed by atoms with Crippen molar-refractivity contribution in [2.45, 2.75) is 19.4 Å². The Hall–Kier alpha value is 0.137. The molecule has 0 rings (SSSR count). The van der Waals surface area contributed by atoms with E-state index in [-0.39, 0.29) is 9.76 Å². The van der Waals surface area contributed by atoms with Gasteiger partial charge in [-0.05, 0) is 5.54 Å². The Balaban J connectivity index is 2.75. The van der Waals surface area contributed by atoms with Crippen LogP contribution < -0.4 is 0 Å². The van der Waals surface area contributed by atoms with Crippen molar-refractivity contribution in [2.24, 2.45) is 0 Å². The van der Waals surface area contributed by atoms with Gasteiger partial charge in [0.15, 0.2) is 9.76 Å². The van der Waals surface area contributed by atoms with Crippen molar-refractivity contribution >= 4 is 9.76 Å². The van der Waals surface area contributed by atoms with Crippen LogP contribution in [-0.2, 0) is 9.16 Å². The zero-order valence-corrected chi connectivity index (χ0v) is 7.93. The molecule has 0 aliphatic rings. The molecule has 0 aliphatic heterocycles. The standard InChI is InChI=1S/C6H16O2Si/c1-6(2)9-8-5-4-7-3/h6H,4-5,9H2,1-3H3. The molecule has 56 valence electrons. The summed E-state index contributed by atoms with van der Waals surface area (Å²) in [5, 5.41) is 0. The summed E-state index contributed by atoms with van der Waals surface area (Å²) in [5.74, 6) is 0. The molecular weight excluding hydrogens is 132 g/mol. The van der Waals surface area contributed by atoms with Crippen molar-refractivity contribution < 1.29 is 9.16 Å². The number of ether oxygens (including phenoxy) is 1. The summed E-state index contributed by atoms with van der Waals surface area (Å²) in [6, 6.07) is 0. The van der Waals surface area contributed by atoms with Gasteiger partial charge in [-0.3, -0.25) is 0 Å². The molecule has 0 atom stereocenters. The summed E-state index contributed by atoms with van der Waals surface area (Å²) in [4.78, 5) is 0. The second-order valence-electron chi connectivity index (χ2n) is 2.46. The molecule has 0 N–H and O–H groups in total. The van der Waals surface area contributed by atoms with Gasteiger partial charge in [0.2, 0.25) is 0 Å². The first-order valence-corrected chi connectivity index (χ1v) is 4.73. The van der Waals surface area contributed by atoms with Crippen molar-refractivity contribution in [3.63, 3.8) is 0 Å². The van der Waals surface area contributed by atoms with Crippen LogP contribution in [0.4, 0.5) is 0 Å². The molecule has 0 heterocycles. The first-order chi connectivity index (χ1) is 4.27. The predicted molar refractivity (Wildman–Crippen MR) is 41.5 cm³/mol. The van der Waals surface area contributed by atoms with Gasteiger partial charge in [-0.2, -0.15) is 0 Å². The average molecular weight is 148 g/mol. The molecule has 2 nitrogen and oxygen atoms in total. The third kappa shape index (κ3) is 8.14. The Morgan fingerprint density at radius 3 is 2.44 bits per heavy atom. The molecule has 0 aromatic rings. The molecule has 0 aromatic carbocycles. The maximum absolute atomic E-state index is 5.35. The first-order valence-electron chi connectivity index (χ1n) is 3.34. The summed E-state index contributed by atoms with van der Waals surface area (Å²) >= 11 is 0. The average Bonchev–Trinajstić information content (AvgIpc) is 1.80. The molecular formula is C6H16O2Si. The predicted octanol–water partition coefficient (Wildman–Crippen LogP) is 0.562. The summed E-state index contributed by atoms with van der Waals surface area (Å²) in [6.07, 6.45) is 0. The fourth-order valence-corrected chi connectivity index (χ4v) is 1.22. The van der Waals surface area contributed by atoms with Crippen molar-refractivity contribution in [3.8, 4) is 0 Å². The molecule has 9 heavy (non-hydrogen) atoms. The largest absolute Gasteiger partial charge is 0.421 e. The minimum atomic E-state index is -0.254. The highest BCUT2D eigenvalue weighted by Crippen LogP contribution is 1.95. The zero-order chi connectivity index (χ0) is 7.11. The van der Waals surface area contributed by atoms with Crippen molar-refractivity contribution in [2.75, 3.05) is 20.3 Å². The molecule has 0 amide bonds. The Morgan fingerprint density at radius 2 is 2.00 bits per heavy atom. The zero-order valence-electron chi connectivity index (χ0n) is 6.52. The maximum atomic E-state index is 5.35. The third-order valence-corrected chi connectivity index (χ3v) is 2.07. The van der Waals surface area contributed by atoms with E-state index in [1.54, 1.807) is 7.11 Å². The van der Waals surface area contributed by atoms with Crippen molar-refractivity contribution in [1.29, 1.82) is 0 Å². The van der Waals surface area contributed by atoms with E-state index in [1.165, 1.54) is 0 Å². The van der Waals surface area contributed by atoms with Crippen LogP contribution in [0.2, 0.25) is 5.54 Å². The van der Waals surface area contributed by atoms with Crippen LogP contribution in [0.25, 0.3) is 0 Å². The fraction of sp³-hybridized carbons (Fsp3) is 1.00. The maximum Gasteiger partial charge on any atom is 0.164 e. The quantitative estimate of drug-likeness (QED) is 0.419.